The third kappa shape index (κ3) is 1.81. The van der Waals surface area contributed by atoms with Gasteiger partial charge in [-0.25, -0.2) is 0 Å². The zero-order valence-electron chi connectivity index (χ0n) is 12.2. The number of para-hydroxylation sites is 2. The van der Waals surface area contributed by atoms with Crippen LogP contribution in [0.25, 0.3) is 33.7 Å². The van der Waals surface area contributed by atoms with Crippen molar-refractivity contribution in [2.24, 2.45) is 5.73 Å². The molecule has 22 heavy (non-hydrogen) atoms. The summed E-state index contributed by atoms with van der Waals surface area (Å²) < 4.78 is 7.86. The first kappa shape index (κ1) is 12.7. The van der Waals surface area contributed by atoms with E-state index in [1.54, 1.807) is 0 Å². The van der Waals surface area contributed by atoms with Gasteiger partial charge in [0, 0.05) is 5.70 Å². The minimum absolute atomic E-state index is 0.601. The number of hydrogen-bond donors (Lipinski definition) is 1. The van der Waals surface area contributed by atoms with Crippen molar-refractivity contribution < 1.29 is 4.42 Å². The lowest BCUT2D eigenvalue weighted by Gasteiger charge is -2.01. The predicted molar refractivity (Wildman–Crippen MR) is 89.4 cm³/mol. The molecule has 4 rings (SSSR count). The molecule has 2 aromatic carbocycles. The highest BCUT2D eigenvalue weighted by atomic mass is 16.4. The monoisotopic (exact) mass is 289 g/mol. The summed E-state index contributed by atoms with van der Waals surface area (Å²) in [4.78, 5) is 4.52. The van der Waals surface area contributed by atoms with Gasteiger partial charge in [-0.05, 0) is 48.9 Å². The number of nitrogens with zero attached hydrogens (tertiary/aromatic N) is 2. The molecule has 0 atom stereocenters. The van der Waals surface area contributed by atoms with E-state index in [1.807, 2.05) is 72.0 Å². The maximum absolute atomic E-state index is 6.13. The summed E-state index contributed by atoms with van der Waals surface area (Å²) in [5.41, 5.74) is 11.5. The first-order chi connectivity index (χ1) is 10.8. The molecule has 0 amide bonds. The molecular weight excluding hydrogens is 274 g/mol. The van der Waals surface area contributed by atoms with E-state index >= 15 is 0 Å². The van der Waals surface area contributed by atoms with Gasteiger partial charge in [0.05, 0.1) is 16.6 Å². The van der Waals surface area contributed by atoms with Gasteiger partial charge in [-0.1, -0.05) is 24.3 Å². The second-order valence-electron chi connectivity index (χ2n) is 5.15. The maximum Gasteiger partial charge on any atom is 0.307 e. The van der Waals surface area contributed by atoms with Gasteiger partial charge in [0.15, 0.2) is 5.58 Å². The Labute approximate surface area is 127 Å². The number of benzene rings is 2. The Kier molecular flexibility index (Phi) is 2.76. The molecule has 0 aliphatic rings. The van der Waals surface area contributed by atoms with E-state index < -0.39 is 0 Å². The molecule has 4 aromatic rings. The quantitative estimate of drug-likeness (QED) is 0.565. The molecule has 4 heteroatoms. The van der Waals surface area contributed by atoms with Crippen LogP contribution in [-0.2, 0) is 0 Å². The van der Waals surface area contributed by atoms with Crippen LogP contribution in [0.15, 0.2) is 65.1 Å². The molecule has 108 valence electrons. The van der Waals surface area contributed by atoms with E-state index in [2.05, 4.69) is 4.98 Å². The van der Waals surface area contributed by atoms with Crippen LogP contribution in [0.5, 0.6) is 0 Å². The highest BCUT2D eigenvalue weighted by molar-refractivity contribution is 5.89. The van der Waals surface area contributed by atoms with E-state index in [0.717, 1.165) is 33.4 Å². The molecular formula is C18H15N3O. The van der Waals surface area contributed by atoms with E-state index in [-0.39, 0.29) is 0 Å². The largest absolute Gasteiger partial charge is 0.423 e. The fraction of sp³-hybridized carbons (Fsp3) is 0.0556. The van der Waals surface area contributed by atoms with E-state index in [9.17, 15) is 0 Å². The van der Waals surface area contributed by atoms with Crippen molar-refractivity contribution in [1.29, 1.82) is 0 Å². The SMILES string of the molecule is C/C=C\C=C(/N)c1ccc2oc3nc4ccccc4n3c2c1. The number of nitrogens with two attached hydrogens (primary N) is 1. The van der Waals surface area contributed by atoms with Crippen LogP contribution in [0.1, 0.15) is 12.5 Å². The Hall–Kier alpha value is -3.01. The van der Waals surface area contributed by atoms with Crippen LogP contribution in [0, 0.1) is 0 Å². The molecule has 2 aromatic heterocycles. The van der Waals surface area contributed by atoms with Gasteiger partial charge >= 0.3 is 5.84 Å². The number of allylic oxidation sites excluding steroid dienone is 3. The van der Waals surface area contributed by atoms with Gasteiger partial charge in [-0.15, -0.1) is 0 Å². The summed E-state index contributed by atoms with van der Waals surface area (Å²) in [5, 5.41) is 0. The van der Waals surface area contributed by atoms with E-state index in [0.29, 0.717) is 5.84 Å². The Morgan fingerprint density at radius 1 is 1.18 bits per heavy atom. The number of aromatic nitrogens is 2. The minimum atomic E-state index is 0.601. The lowest BCUT2D eigenvalue weighted by atomic mass is 10.1. The molecule has 0 saturated carbocycles. The molecule has 0 aliphatic heterocycles. The summed E-state index contributed by atoms with van der Waals surface area (Å²) in [5.74, 6) is 0.601. The maximum atomic E-state index is 6.13. The standard InChI is InChI=1S/C18H15N3O/c1-2-3-6-13(19)12-9-10-17-16(11-12)21-15-8-5-4-7-14(15)20-18(21)22-17/h2-11H,19H2,1H3/b3-2-,13-6-. The van der Waals surface area contributed by atoms with Crippen LogP contribution in [-0.4, -0.2) is 9.38 Å². The fourth-order valence-corrected chi connectivity index (χ4v) is 2.66. The zero-order valence-corrected chi connectivity index (χ0v) is 12.2. The van der Waals surface area contributed by atoms with Crippen LogP contribution in [0.4, 0.5) is 0 Å². The second-order valence-corrected chi connectivity index (χ2v) is 5.15. The number of rotatable bonds is 2. The van der Waals surface area contributed by atoms with Crippen molar-refractivity contribution in [2.45, 2.75) is 6.92 Å². The van der Waals surface area contributed by atoms with Crippen molar-refractivity contribution in [1.82, 2.24) is 9.38 Å². The van der Waals surface area contributed by atoms with Gasteiger partial charge in [0.1, 0.15) is 0 Å². The van der Waals surface area contributed by atoms with Crippen LogP contribution in [0.2, 0.25) is 0 Å². The Morgan fingerprint density at radius 3 is 2.91 bits per heavy atom. The first-order valence-electron chi connectivity index (χ1n) is 7.16. The Bertz CT molecular complexity index is 1050. The molecule has 2 N–H and O–H groups in total. The summed E-state index contributed by atoms with van der Waals surface area (Å²) in [6, 6.07) is 13.9. The number of oxazole rings is 1. The smallest absolute Gasteiger partial charge is 0.307 e. The summed E-state index contributed by atoms with van der Waals surface area (Å²) in [7, 11) is 0. The molecule has 0 spiro atoms. The van der Waals surface area contributed by atoms with Crippen molar-refractivity contribution >= 4 is 33.7 Å². The van der Waals surface area contributed by atoms with Crippen molar-refractivity contribution in [2.75, 3.05) is 0 Å². The molecule has 0 bridgehead atoms. The van der Waals surface area contributed by atoms with E-state index in [1.165, 1.54) is 0 Å². The summed E-state index contributed by atoms with van der Waals surface area (Å²) in [6.45, 7) is 1.96. The van der Waals surface area contributed by atoms with E-state index in [4.69, 9.17) is 10.2 Å². The van der Waals surface area contributed by atoms with Gasteiger partial charge in [-0.2, -0.15) is 4.98 Å². The molecule has 2 heterocycles. The normalized spacial score (nSPS) is 13.0. The minimum Gasteiger partial charge on any atom is -0.423 e. The van der Waals surface area contributed by atoms with Crippen LogP contribution < -0.4 is 5.73 Å². The second kappa shape index (κ2) is 4.77. The third-order valence-corrected chi connectivity index (χ3v) is 3.73. The van der Waals surface area contributed by atoms with Gasteiger partial charge in [-0.3, -0.25) is 4.40 Å². The fourth-order valence-electron chi connectivity index (χ4n) is 2.66. The van der Waals surface area contributed by atoms with Gasteiger partial charge < -0.3 is 10.2 Å². The third-order valence-electron chi connectivity index (χ3n) is 3.73. The van der Waals surface area contributed by atoms with Gasteiger partial charge in [0.2, 0.25) is 0 Å². The highest BCUT2D eigenvalue weighted by Crippen LogP contribution is 2.27. The summed E-state index contributed by atoms with van der Waals surface area (Å²) in [6.07, 6.45) is 5.77. The number of imidazole rings is 1. The van der Waals surface area contributed by atoms with Crippen molar-refractivity contribution in [3.63, 3.8) is 0 Å². The lowest BCUT2D eigenvalue weighted by Crippen LogP contribution is -1.95. The molecule has 0 saturated heterocycles. The predicted octanol–water partition coefficient (Wildman–Crippen LogP) is 4.11. The number of hydrogen-bond acceptors (Lipinski definition) is 3. The number of fused-ring (bicyclic) bond motifs is 5. The Balaban J connectivity index is 2.03. The molecule has 4 nitrogen and oxygen atoms in total. The van der Waals surface area contributed by atoms with Crippen LogP contribution >= 0.6 is 0 Å². The topological polar surface area (TPSA) is 56.5 Å². The van der Waals surface area contributed by atoms with Crippen molar-refractivity contribution in [3.8, 4) is 0 Å². The summed E-state index contributed by atoms with van der Waals surface area (Å²) >= 11 is 0. The molecule has 0 fully saturated rings. The molecule has 0 aliphatic carbocycles. The Morgan fingerprint density at radius 2 is 2.05 bits per heavy atom. The van der Waals surface area contributed by atoms with Gasteiger partial charge in [0.25, 0.3) is 0 Å². The average molecular weight is 289 g/mol. The molecule has 0 unspecified atom stereocenters. The zero-order chi connectivity index (χ0) is 15.1. The first-order valence-corrected chi connectivity index (χ1v) is 7.16. The van der Waals surface area contributed by atoms with Crippen LogP contribution in [0.3, 0.4) is 0 Å². The highest BCUT2D eigenvalue weighted by Gasteiger charge is 2.13. The van der Waals surface area contributed by atoms with Crippen molar-refractivity contribution in [3.05, 3.63) is 66.3 Å². The lowest BCUT2D eigenvalue weighted by molar-refractivity contribution is 0.643. The average Bonchev–Trinajstić information content (AvgIpc) is 3.07. The molecule has 0 radical (unpaired) electrons.